The maximum Gasteiger partial charge on any atom is 0.231 e. The molecule has 24 heavy (non-hydrogen) atoms. The van der Waals surface area contributed by atoms with E-state index in [0.717, 1.165) is 19.3 Å². The summed E-state index contributed by atoms with van der Waals surface area (Å²) in [6, 6.07) is -0.792. The molecule has 5 atom stereocenters. The monoisotopic (exact) mass is 337 g/mol. The van der Waals surface area contributed by atoms with Crippen molar-refractivity contribution in [2.24, 2.45) is 11.3 Å². The first-order valence-electron chi connectivity index (χ1n) is 9.15. The molecule has 2 aliphatic heterocycles. The number of carbonyl (C=O) groups is 1. The van der Waals surface area contributed by atoms with Crippen molar-refractivity contribution in [3.63, 3.8) is 0 Å². The van der Waals surface area contributed by atoms with Gasteiger partial charge in [-0.05, 0) is 13.3 Å². The highest BCUT2D eigenvalue weighted by molar-refractivity contribution is 6.00. The number of hydrogen-bond acceptors (Lipinski definition) is 5. The minimum Gasteiger partial charge on any atom is -0.343 e. The summed E-state index contributed by atoms with van der Waals surface area (Å²) in [5.74, 6) is -0.677. The van der Waals surface area contributed by atoms with Gasteiger partial charge in [-0.2, -0.15) is 0 Å². The number of ketones is 1. The number of ether oxygens (including phenoxy) is 2. The smallest absolute Gasteiger partial charge is 0.231 e. The molecule has 2 heterocycles. The zero-order valence-electron chi connectivity index (χ0n) is 14.5. The molecule has 3 rings (SSSR count). The molecule has 134 valence electrons. The first-order chi connectivity index (χ1) is 11.5. The molecule has 0 saturated carbocycles. The summed E-state index contributed by atoms with van der Waals surface area (Å²) >= 11 is 0. The summed E-state index contributed by atoms with van der Waals surface area (Å²) in [4.78, 5) is 24.0. The van der Waals surface area contributed by atoms with E-state index < -0.39 is 23.7 Å². The minimum atomic E-state index is -0.846. The lowest BCUT2D eigenvalue weighted by Gasteiger charge is -2.31. The third-order valence-corrected chi connectivity index (χ3v) is 5.77. The predicted molar refractivity (Wildman–Crippen MR) is 88.1 cm³/mol. The van der Waals surface area contributed by atoms with Gasteiger partial charge in [0.25, 0.3) is 0 Å². The van der Waals surface area contributed by atoms with E-state index in [9.17, 15) is 14.9 Å². The Kier molecular flexibility index (Phi) is 5.06. The van der Waals surface area contributed by atoms with E-state index in [1.165, 1.54) is 25.7 Å². The number of nitro groups is 1. The topological polar surface area (TPSA) is 78.7 Å². The SMILES string of the molecule is CCCCCCCC[C@@]1(C)C=C2C(=O)[C@@H]3OC[C@@H](O3)[C@H]2[C@@H]1[N+](=O)[O-]. The molecular formula is C18H27NO5. The van der Waals surface area contributed by atoms with Crippen molar-refractivity contribution in [3.05, 3.63) is 21.8 Å². The predicted octanol–water partition coefficient (Wildman–Crippen LogP) is 3.27. The van der Waals surface area contributed by atoms with E-state index in [4.69, 9.17) is 9.47 Å². The maximum absolute atomic E-state index is 12.4. The highest BCUT2D eigenvalue weighted by Gasteiger charge is 2.62. The third-order valence-electron chi connectivity index (χ3n) is 5.77. The van der Waals surface area contributed by atoms with Crippen LogP contribution in [0.3, 0.4) is 0 Å². The van der Waals surface area contributed by atoms with Crippen LogP contribution in [0.5, 0.6) is 0 Å². The van der Waals surface area contributed by atoms with Crippen molar-refractivity contribution >= 4 is 5.78 Å². The molecule has 2 bridgehead atoms. The van der Waals surface area contributed by atoms with Crippen LogP contribution in [-0.2, 0) is 14.3 Å². The summed E-state index contributed by atoms with van der Waals surface area (Å²) in [5, 5.41) is 11.8. The first kappa shape index (κ1) is 17.5. The van der Waals surface area contributed by atoms with E-state index >= 15 is 0 Å². The Morgan fingerprint density at radius 2 is 2.00 bits per heavy atom. The van der Waals surface area contributed by atoms with Gasteiger partial charge in [-0.3, -0.25) is 14.9 Å². The molecule has 0 unspecified atom stereocenters. The van der Waals surface area contributed by atoms with Gasteiger partial charge in [0.15, 0.2) is 0 Å². The second kappa shape index (κ2) is 6.92. The molecule has 1 aliphatic carbocycles. The summed E-state index contributed by atoms with van der Waals surface area (Å²) in [5.41, 5.74) is 0.00142. The average molecular weight is 337 g/mol. The molecule has 3 aliphatic rings. The number of unbranched alkanes of at least 4 members (excludes halogenated alkanes) is 5. The lowest BCUT2D eigenvalue weighted by Crippen LogP contribution is -2.47. The van der Waals surface area contributed by atoms with E-state index in [0.29, 0.717) is 5.57 Å². The molecule has 0 N–H and O–H groups in total. The first-order valence-corrected chi connectivity index (χ1v) is 9.15. The van der Waals surface area contributed by atoms with Gasteiger partial charge in [0.2, 0.25) is 18.1 Å². The van der Waals surface area contributed by atoms with Crippen molar-refractivity contribution < 1.29 is 19.2 Å². The Morgan fingerprint density at radius 3 is 2.71 bits per heavy atom. The third kappa shape index (κ3) is 3.02. The van der Waals surface area contributed by atoms with Gasteiger partial charge in [-0.1, -0.05) is 51.5 Å². The normalized spacial score (nSPS) is 37.4. The Bertz CT molecular complexity index is 546. The largest absolute Gasteiger partial charge is 0.343 e. The Labute approximate surface area is 142 Å². The fourth-order valence-electron chi connectivity index (χ4n) is 4.52. The van der Waals surface area contributed by atoms with Gasteiger partial charge < -0.3 is 9.47 Å². The standard InChI is InChI=1S/C18H27NO5/c1-3-4-5-6-7-8-9-18(2)10-12-14(16(18)19(21)22)13-11-23-17(24-13)15(12)20/h10,13-14,16-17H,3-9,11H2,1-2H3/t13-,14+,16+,17-,18+/m1/s1. The van der Waals surface area contributed by atoms with Crippen LogP contribution in [0.4, 0.5) is 0 Å². The van der Waals surface area contributed by atoms with Gasteiger partial charge in [-0.15, -0.1) is 0 Å². The van der Waals surface area contributed by atoms with Gasteiger partial charge in [0.1, 0.15) is 0 Å². The van der Waals surface area contributed by atoms with Crippen LogP contribution >= 0.6 is 0 Å². The van der Waals surface area contributed by atoms with Crippen LogP contribution in [0, 0.1) is 21.4 Å². The highest BCUT2D eigenvalue weighted by atomic mass is 16.7. The van der Waals surface area contributed by atoms with Crippen LogP contribution in [-0.4, -0.2) is 35.7 Å². The van der Waals surface area contributed by atoms with E-state index in [1.54, 1.807) is 0 Å². The number of Topliss-reactive ketones (excluding diaryl/α,β-unsaturated/α-hetero) is 1. The van der Waals surface area contributed by atoms with Gasteiger partial charge in [-0.25, -0.2) is 0 Å². The molecular weight excluding hydrogens is 310 g/mol. The van der Waals surface area contributed by atoms with Crippen molar-refractivity contribution in [2.75, 3.05) is 6.61 Å². The molecule has 0 amide bonds. The fraction of sp³-hybridized carbons (Fsp3) is 0.833. The molecule has 6 nitrogen and oxygen atoms in total. The molecule has 2 saturated heterocycles. The number of nitrogens with zero attached hydrogens (tertiary/aromatic N) is 1. The van der Waals surface area contributed by atoms with Gasteiger partial charge >= 0.3 is 0 Å². The molecule has 0 aromatic heterocycles. The van der Waals surface area contributed by atoms with E-state index in [1.807, 2.05) is 13.0 Å². The highest BCUT2D eigenvalue weighted by Crippen LogP contribution is 2.51. The number of hydrogen-bond donors (Lipinski definition) is 0. The second-order valence-electron chi connectivity index (χ2n) is 7.58. The zero-order valence-corrected chi connectivity index (χ0v) is 14.5. The summed E-state index contributed by atoms with van der Waals surface area (Å²) in [6.07, 6.45) is 8.32. The maximum atomic E-state index is 12.4. The molecule has 0 radical (unpaired) electrons. The van der Waals surface area contributed by atoms with Gasteiger partial charge in [0, 0.05) is 10.5 Å². The summed E-state index contributed by atoms with van der Waals surface area (Å²) < 4.78 is 10.9. The van der Waals surface area contributed by atoms with Crippen molar-refractivity contribution in [1.82, 2.24) is 0 Å². The Morgan fingerprint density at radius 1 is 1.29 bits per heavy atom. The van der Waals surface area contributed by atoms with Crippen LogP contribution in [0.1, 0.15) is 58.8 Å². The Balaban J connectivity index is 1.71. The van der Waals surface area contributed by atoms with Crippen LogP contribution in [0.25, 0.3) is 0 Å². The quantitative estimate of drug-likeness (QED) is 0.386. The molecule has 0 aromatic carbocycles. The van der Waals surface area contributed by atoms with E-state index in [2.05, 4.69) is 6.92 Å². The molecule has 2 fully saturated rings. The van der Waals surface area contributed by atoms with Crippen LogP contribution in [0.15, 0.2) is 11.6 Å². The van der Waals surface area contributed by atoms with Crippen molar-refractivity contribution in [1.29, 1.82) is 0 Å². The molecule has 0 spiro atoms. The number of carbonyl (C=O) groups excluding carboxylic acids is 1. The number of fused-ring (bicyclic) bond motifs is 4. The van der Waals surface area contributed by atoms with E-state index in [-0.39, 0.29) is 23.4 Å². The summed E-state index contributed by atoms with van der Waals surface area (Å²) in [7, 11) is 0. The lowest BCUT2D eigenvalue weighted by atomic mass is 9.76. The molecule has 6 heteroatoms. The second-order valence-corrected chi connectivity index (χ2v) is 7.58. The minimum absolute atomic E-state index is 0.208. The zero-order chi connectivity index (χ0) is 17.3. The summed E-state index contributed by atoms with van der Waals surface area (Å²) in [6.45, 7) is 4.39. The lowest BCUT2D eigenvalue weighted by molar-refractivity contribution is -0.546. The van der Waals surface area contributed by atoms with Crippen molar-refractivity contribution in [2.45, 2.75) is 77.2 Å². The average Bonchev–Trinajstić information content (AvgIpc) is 3.10. The Hall–Kier alpha value is -1.27. The number of rotatable bonds is 8. The van der Waals surface area contributed by atoms with Crippen LogP contribution in [0.2, 0.25) is 0 Å². The molecule has 0 aromatic rings. The van der Waals surface area contributed by atoms with Crippen molar-refractivity contribution in [3.8, 4) is 0 Å². The fourth-order valence-corrected chi connectivity index (χ4v) is 4.52. The van der Waals surface area contributed by atoms with Crippen LogP contribution < -0.4 is 0 Å². The van der Waals surface area contributed by atoms with Gasteiger partial charge in [0.05, 0.1) is 24.0 Å².